The molecule has 1 saturated heterocycles. The molecule has 0 spiro atoms. The molecule has 1 atom stereocenters. The predicted molar refractivity (Wildman–Crippen MR) is 122 cm³/mol. The van der Waals surface area contributed by atoms with Crippen LogP contribution in [0.5, 0.6) is 5.75 Å². The number of imidazole rings is 1. The summed E-state index contributed by atoms with van der Waals surface area (Å²) in [6.07, 6.45) is -0.946. The smallest absolute Gasteiger partial charge is 0.487 e. The molecule has 0 bridgehead atoms. The number of ether oxygens (including phenoxy) is 2. The van der Waals surface area contributed by atoms with Crippen LogP contribution in [0.2, 0.25) is 0 Å². The number of morpholine rings is 1. The molecular weight excluding hydrogens is 483 g/mol. The molecule has 1 aliphatic rings. The number of pyridine rings is 1. The Bertz CT molecular complexity index is 1180. The number of hydrogen-bond donors (Lipinski definition) is 2. The quantitative estimate of drug-likeness (QED) is 0.496. The van der Waals surface area contributed by atoms with E-state index in [0.29, 0.717) is 26.3 Å². The van der Waals surface area contributed by atoms with Crippen molar-refractivity contribution in [2.24, 2.45) is 0 Å². The number of aliphatic carboxylic acids is 2. The maximum Gasteiger partial charge on any atom is 0.490 e. The summed E-state index contributed by atoms with van der Waals surface area (Å²) in [5.41, 5.74) is 4.04. The fraction of sp³-hybridized carbons (Fsp3) is 0.375. The second-order valence-electron chi connectivity index (χ2n) is 8.17. The highest BCUT2D eigenvalue weighted by molar-refractivity contribution is 5.73. The third kappa shape index (κ3) is 7.95. The summed E-state index contributed by atoms with van der Waals surface area (Å²) in [6, 6.07) is 11.9. The monoisotopic (exact) mass is 509 g/mol. The van der Waals surface area contributed by atoms with Gasteiger partial charge in [-0.1, -0.05) is 18.2 Å². The summed E-state index contributed by atoms with van der Waals surface area (Å²) in [6.45, 7) is 5.09. The van der Waals surface area contributed by atoms with Crippen molar-refractivity contribution >= 4 is 17.6 Å². The van der Waals surface area contributed by atoms with E-state index in [1.165, 1.54) is 5.56 Å². The first kappa shape index (κ1) is 27.0. The molecule has 4 rings (SSSR count). The van der Waals surface area contributed by atoms with Gasteiger partial charge in [0.1, 0.15) is 18.0 Å². The number of rotatable bonds is 7. The highest BCUT2D eigenvalue weighted by Crippen LogP contribution is 2.25. The van der Waals surface area contributed by atoms with Crippen LogP contribution in [0.15, 0.2) is 48.8 Å². The lowest BCUT2D eigenvalue weighted by molar-refractivity contribution is -0.192. The van der Waals surface area contributed by atoms with Gasteiger partial charge < -0.3 is 24.1 Å². The number of aryl methyl sites for hydroxylation is 1. The van der Waals surface area contributed by atoms with Gasteiger partial charge >= 0.3 is 18.1 Å². The zero-order valence-corrected chi connectivity index (χ0v) is 19.4. The molecule has 36 heavy (non-hydrogen) atoms. The fourth-order valence-electron chi connectivity index (χ4n) is 3.52. The van der Waals surface area contributed by atoms with Crippen molar-refractivity contribution in [3.05, 3.63) is 65.6 Å². The van der Waals surface area contributed by atoms with Crippen LogP contribution in [0.1, 0.15) is 29.3 Å². The summed E-state index contributed by atoms with van der Waals surface area (Å²) in [4.78, 5) is 26.4. The number of hydrogen-bond acceptors (Lipinski definition) is 6. The lowest BCUT2D eigenvalue weighted by Crippen LogP contribution is -2.39. The van der Waals surface area contributed by atoms with E-state index in [-0.39, 0.29) is 12.5 Å². The predicted octanol–water partition coefficient (Wildman–Crippen LogP) is 3.70. The first-order chi connectivity index (χ1) is 17.0. The van der Waals surface area contributed by atoms with E-state index in [2.05, 4.69) is 16.8 Å². The van der Waals surface area contributed by atoms with Crippen LogP contribution in [0, 0.1) is 6.92 Å². The van der Waals surface area contributed by atoms with Crippen molar-refractivity contribution in [2.45, 2.75) is 32.2 Å². The van der Waals surface area contributed by atoms with Crippen molar-refractivity contribution in [1.82, 2.24) is 14.3 Å². The van der Waals surface area contributed by atoms with Crippen LogP contribution in [-0.2, 0) is 20.9 Å². The molecular formula is C24H26F3N3O6. The third-order valence-corrected chi connectivity index (χ3v) is 5.32. The molecule has 12 heteroatoms. The van der Waals surface area contributed by atoms with Gasteiger partial charge in [-0.15, -0.1) is 0 Å². The van der Waals surface area contributed by atoms with E-state index in [9.17, 15) is 18.0 Å². The molecule has 9 nitrogen and oxygen atoms in total. The van der Waals surface area contributed by atoms with Crippen LogP contribution in [-0.4, -0.2) is 68.9 Å². The molecule has 3 heterocycles. The molecule has 0 saturated carbocycles. The van der Waals surface area contributed by atoms with E-state index in [0.717, 1.165) is 29.2 Å². The van der Waals surface area contributed by atoms with E-state index in [4.69, 9.17) is 24.5 Å². The second kappa shape index (κ2) is 11.9. The molecule has 1 aromatic carbocycles. The Kier molecular flexibility index (Phi) is 8.88. The van der Waals surface area contributed by atoms with Gasteiger partial charge in [-0.3, -0.25) is 9.69 Å². The van der Waals surface area contributed by atoms with E-state index < -0.39 is 18.1 Å². The van der Waals surface area contributed by atoms with Crippen molar-refractivity contribution in [1.29, 1.82) is 0 Å². The van der Waals surface area contributed by atoms with Gasteiger partial charge in [-0.2, -0.15) is 13.2 Å². The van der Waals surface area contributed by atoms with E-state index in [1.807, 2.05) is 53.2 Å². The first-order valence-corrected chi connectivity index (χ1v) is 11.0. The number of aromatic nitrogens is 2. The Balaban J connectivity index is 0.000000454. The van der Waals surface area contributed by atoms with Crippen LogP contribution < -0.4 is 4.74 Å². The zero-order valence-electron chi connectivity index (χ0n) is 19.4. The van der Waals surface area contributed by atoms with Crippen molar-refractivity contribution in [2.75, 3.05) is 26.2 Å². The van der Waals surface area contributed by atoms with Gasteiger partial charge in [-0.05, 0) is 36.2 Å². The van der Waals surface area contributed by atoms with Gasteiger partial charge in [0.2, 0.25) is 0 Å². The van der Waals surface area contributed by atoms with Crippen molar-refractivity contribution in [3.8, 4) is 5.75 Å². The maximum absolute atomic E-state index is 10.8. The van der Waals surface area contributed by atoms with Gasteiger partial charge in [0.15, 0.2) is 0 Å². The Morgan fingerprint density at radius 1 is 1.14 bits per heavy atom. The third-order valence-electron chi connectivity index (χ3n) is 5.32. The first-order valence-electron chi connectivity index (χ1n) is 11.0. The van der Waals surface area contributed by atoms with Crippen LogP contribution in [0.25, 0.3) is 5.65 Å². The lowest BCUT2D eigenvalue weighted by Gasteiger charge is -2.32. The Hall–Kier alpha value is -3.64. The van der Waals surface area contributed by atoms with Gasteiger partial charge in [0.25, 0.3) is 0 Å². The Morgan fingerprint density at radius 3 is 2.47 bits per heavy atom. The standard InChI is InChI=1S/C22H25N3O4.C2HF3O2/c1-16-2-7-21-23-18(13-25(21)12-16)15-29-19-5-3-17(4-6-19)20-14-24(10-11-28-20)9-8-22(26)27;3-2(4,5)1(6)7/h2-7,12-13,20H,8-11,14-15H2,1H3,(H,26,27);(H,6,7). The van der Waals surface area contributed by atoms with Crippen LogP contribution >= 0.6 is 0 Å². The average Bonchev–Trinajstić information content (AvgIpc) is 3.24. The van der Waals surface area contributed by atoms with Gasteiger partial charge in [0.05, 0.1) is 24.8 Å². The molecule has 2 aromatic heterocycles. The number of halogens is 3. The SMILES string of the molecule is Cc1ccc2nc(COc3ccc(C4CN(CCC(=O)O)CCO4)cc3)cn2c1.O=C(O)C(F)(F)F. The molecule has 2 N–H and O–H groups in total. The normalized spacial score (nSPS) is 16.3. The molecule has 194 valence electrons. The number of carbonyl (C=O) groups is 2. The molecule has 1 unspecified atom stereocenters. The summed E-state index contributed by atoms with van der Waals surface area (Å²) >= 11 is 0. The highest BCUT2D eigenvalue weighted by atomic mass is 19.4. The van der Waals surface area contributed by atoms with Gasteiger partial charge in [0, 0.05) is 32.0 Å². The van der Waals surface area contributed by atoms with Gasteiger partial charge in [-0.25, -0.2) is 9.78 Å². The summed E-state index contributed by atoms with van der Waals surface area (Å²) < 4.78 is 45.5. The summed E-state index contributed by atoms with van der Waals surface area (Å²) in [7, 11) is 0. The Morgan fingerprint density at radius 2 is 1.83 bits per heavy atom. The summed E-state index contributed by atoms with van der Waals surface area (Å²) in [5, 5.41) is 16.0. The van der Waals surface area contributed by atoms with E-state index >= 15 is 0 Å². The minimum absolute atomic E-state index is 0.0479. The Labute approximate surface area is 204 Å². The average molecular weight is 509 g/mol. The molecule has 0 amide bonds. The second-order valence-corrected chi connectivity index (χ2v) is 8.17. The molecule has 1 aliphatic heterocycles. The fourth-order valence-corrected chi connectivity index (χ4v) is 3.52. The topological polar surface area (TPSA) is 114 Å². The number of nitrogens with zero attached hydrogens (tertiary/aromatic N) is 3. The lowest BCUT2D eigenvalue weighted by atomic mass is 10.1. The minimum atomic E-state index is -5.08. The number of benzene rings is 1. The minimum Gasteiger partial charge on any atom is -0.487 e. The molecule has 0 aliphatic carbocycles. The molecule has 3 aromatic rings. The van der Waals surface area contributed by atoms with Crippen LogP contribution in [0.4, 0.5) is 13.2 Å². The van der Waals surface area contributed by atoms with Crippen LogP contribution in [0.3, 0.4) is 0 Å². The highest BCUT2D eigenvalue weighted by Gasteiger charge is 2.38. The van der Waals surface area contributed by atoms with E-state index in [1.54, 1.807) is 0 Å². The number of fused-ring (bicyclic) bond motifs is 1. The number of carboxylic acids is 2. The molecule has 1 fully saturated rings. The molecule has 0 radical (unpaired) electrons. The van der Waals surface area contributed by atoms with Crippen molar-refractivity contribution < 1.29 is 42.4 Å². The summed E-state index contributed by atoms with van der Waals surface area (Å²) in [5.74, 6) is -2.75. The zero-order chi connectivity index (χ0) is 26.3. The number of alkyl halides is 3. The maximum atomic E-state index is 10.8. The largest absolute Gasteiger partial charge is 0.490 e. The van der Waals surface area contributed by atoms with Crippen molar-refractivity contribution in [3.63, 3.8) is 0 Å². The number of carboxylic acid groups (broad SMARTS) is 2.